The first-order valence-corrected chi connectivity index (χ1v) is 11.2. The number of ether oxygens (including phenoxy) is 2. The first kappa shape index (κ1) is 22.6. The number of carbonyl (C=O) groups excluding carboxylic acids is 1. The van der Waals surface area contributed by atoms with Crippen LogP contribution in [0.4, 0.5) is 4.39 Å². The van der Waals surface area contributed by atoms with E-state index >= 15 is 0 Å². The molecule has 0 aromatic heterocycles. The quantitative estimate of drug-likeness (QED) is 0.377. The second kappa shape index (κ2) is 10.7. The summed E-state index contributed by atoms with van der Waals surface area (Å²) >= 11 is 0. The molecule has 1 fully saturated rings. The first-order valence-electron chi connectivity index (χ1n) is 9.58. The topological polar surface area (TPSA) is 108 Å². The number of hydrogen-bond acceptors (Lipinski definition) is 6. The second-order valence-electron chi connectivity index (χ2n) is 7.12. The molecule has 0 heterocycles. The standard InChI is InChI=1S/C19H29FN2O5S/c1-14(16-9-17(20)11-18(10-16)27-13-15-5-6-15)22-28(24,25)8-4-2-3-7-26-19(23)12-21/h9-11,14-15,22H,2-8,12-13,21H2,1H3/t14-/m0/s1. The van der Waals surface area contributed by atoms with Gasteiger partial charge in [-0.2, -0.15) is 0 Å². The van der Waals surface area contributed by atoms with Gasteiger partial charge < -0.3 is 15.2 Å². The summed E-state index contributed by atoms with van der Waals surface area (Å²) in [4.78, 5) is 10.9. The van der Waals surface area contributed by atoms with Crippen LogP contribution in [0.15, 0.2) is 18.2 Å². The van der Waals surface area contributed by atoms with Gasteiger partial charge in [-0.05, 0) is 62.6 Å². The van der Waals surface area contributed by atoms with Gasteiger partial charge in [-0.3, -0.25) is 4.79 Å². The zero-order valence-electron chi connectivity index (χ0n) is 16.2. The summed E-state index contributed by atoms with van der Waals surface area (Å²) in [5.41, 5.74) is 5.64. The van der Waals surface area contributed by atoms with Crippen LogP contribution in [0.1, 0.15) is 50.6 Å². The Hall–Kier alpha value is -1.71. The maximum atomic E-state index is 13.9. The molecule has 28 heavy (non-hydrogen) atoms. The number of rotatable bonds is 13. The van der Waals surface area contributed by atoms with E-state index in [9.17, 15) is 17.6 Å². The van der Waals surface area contributed by atoms with Crippen molar-refractivity contribution in [2.75, 3.05) is 25.5 Å². The zero-order valence-corrected chi connectivity index (χ0v) is 17.0. The molecule has 1 aliphatic carbocycles. The van der Waals surface area contributed by atoms with Crippen molar-refractivity contribution < 1.29 is 27.1 Å². The number of nitrogens with two attached hydrogens (primary N) is 1. The average molecular weight is 417 g/mol. The Balaban J connectivity index is 1.78. The molecule has 3 N–H and O–H groups in total. The number of hydrogen-bond donors (Lipinski definition) is 2. The number of benzene rings is 1. The van der Waals surface area contributed by atoms with E-state index in [0.29, 0.717) is 43.1 Å². The smallest absolute Gasteiger partial charge is 0.319 e. The molecular formula is C19H29FN2O5S. The van der Waals surface area contributed by atoms with Crippen molar-refractivity contribution in [3.63, 3.8) is 0 Å². The Morgan fingerprint density at radius 3 is 2.71 bits per heavy atom. The molecule has 0 spiro atoms. The molecule has 0 aliphatic heterocycles. The third kappa shape index (κ3) is 8.53. The minimum Gasteiger partial charge on any atom is -0.493 e. The Morgan fingerprint density at radius 2 is 2.04 bits per heavy atom. The van der Waals surface area contributed by atoms with Crippen molar-refractivity contribution in [2.45, 2.75) is 45.1 Å². The summed E-state index contributed by atoms with van der Waals surface area (Å²) in [6.45, 7) is 2.29. The van der Waals surface area contributed by atoms with Crippen LogP contribution in [0.3, 0.4) is 0 Å². The van der Waals surface area contributed by atoms with Gasteiger partial charge in [0.1, 0.15) is 11.6 Å². The molecule has 158 valence electrons. The first-order chi connectivity index (χ1) is 13.3. The number of esters is 1. The van der Waals surface area contributed by atoms with Gasteiger partial charge in [0, 0.05) is 12.1 Å². The summed E-state index contributed by atoms with van der Waals surface area (Å²) < 4.78 is 51.4. The lowest BCUT2D eigenvalue weighted by molar-refractivity contribution is -0.142. The molecule has 1 saturated carbocycles. The lowest BCUT2D eigenvalue weighted by Gasteiger charge is -2.16. The highest BCUT2D eigenvalue weighted by Crippen LogP contribution is 2.30. The highest BCUT2D eigenvalue weighted by atomic mass is 32.2. The molecule has 1 atom stereocenters. The molecule has 1 aliphatic rings. The number of sulfonamides is 1. The largest absolute Gasteiger partial charge is 0.493 e. The number of carbonyl (C=O) groups is 1. The molecule has 0 unspecified atom stereocenters. The van der Waals surface area contributed by atoms with E-state index in [-0.39, 0.29) is 18.9 Å². The van der Waals surface area contributed by atoms with Crippen molar-refractivity contribution in [3.8, 4) is 5.75 Å². The monoisotopic (exact) mass is 416 g/mol. The van der Waals surface area contributed by atoms with Crippen LogP contribution in [0, 0.1) is 11.7 Å². The summed E-state index contributed by atoms with van der Waals surface area (Å²) in [6.07, 6.45) is 3.87. The van der Waals surface area contributed by atoms with E-state index in [4.69, 9.17) is 15.2 Å². The van der Waals surface area contributed by atoms with Crippen molar-refractivity contribution in [2.24, 2.45) is 11.7 Å². The van der Waals surface area contributed by atoms with Crippen LogP contribution in [-0.4, -0.2) is 39.9 Å². The van der Waals surface area contributed by atoms with E-state index < -0.39 is 27.9 Å². The molecule has 0 saturated heterocycles. The number of halogens is 1. The van der Waals surface area contributed by atoms with E-state index in [2.05, 4.69) is 4.72 Å². The maximum absolute atomic E-state index is 13.9. The molecule has 7 nitrogen and oxygen atoms in total. The van der Waals surface area contributed by atoms with Crippen LogP contribution < -0.4 is 15.2 Å². The SMILES string of the molecule is C[C@H](NS(=O)(=O)CCCCCOC(=O)CN)c1cc(F)cc(OCC2CC2)c1. The number of unbranched alkanes of at least 4 members (excludes halogenated alkanes) is 2. The molecule has 0 radical (unpaired) electrons. The van der Waals surface area contributed by atoms with Gasteiger partial charge >= 0.3 is 5.97 Å². The molecule has 1 aromatic rings. The predicted octanol–water partition coefficient (Wildman–Crippen LogP) is 2.27. The molecule has 0 amide bonds. The van der Waals surface area contributed by atoms with Gasteiger partial charge in [-0.15, -0.1) is 0 Å². The Labute approximate surface area is 165 Å². The van der Waals surface area contributed by atoms with Crippen molar-refractivity contribution in [3.05, 3.63) is 29.6 Å². The third-order valence-corrected chi connectivity index (χ3v) is 5.96. The van der Waals surface area contributed by atoms with Gasteiger partial charge in [0.25, 0.3) is 0 Å². The van der Waals surface area contributed by atoms with Crippen LogP contribution in [0.5, 0.6) is 5.75 Å². The maximum Gasteiger partial charge on any atom is 0.319 e. The lowest BCUT2D eigenvalue weighted by Crippen LogP contribution is -2.29. The highest BCUT2D eigenvalue weighted by molar-refractivity contribution is 7.89. The van der Waals surface area contributed by atoms with Crippen LogP contribution in [0.2, 0.25) is 0 Å². The van der Waals surface area contributed by atoms with Gasteiger partial charge in [0.2, 0.25) is 10.0 Å². The van der Waals surface area contributed by atoms with Gasteiger partial charge in [-0.25, -0.2) is 17.5 Å². The van der Waals surface area contributed by atoms with E-state index in [1.54, 1.807) is 13.0 Å². The Kier molecular flexibility index (Phi) is 8.65. The van der Waals surface area contributed by atoms with Crippen molar-refractivity contribution in [1.29, 1.82) is 0 Å². The molecule has 9 heteroatoms. The van der Waals surface area contributed by atoms with E-state index in [0.717, 1.165) is 12.8 Å². The molecular weight excluding hydrogens is 387 g/mol. The van der Waals surface area contributed by atoms with Crippen LogP contribution in [0.25, 0.3) is 0 Å². The van der Waals surface area contributed by atoms with Crippen molar-refractivity contribution in [1.82, 2.24) is 4.72 Å². The fourth-order valence-corrected chi connectivity index (χ4v) is 4.01. The fraction of sp³-hybridized carbons (Fsp3) is 0.632. The minimum atomic E-state index is -3.52. The third-order valence-electron chi connectivity index (χ3n) is 4.42. The summed E-state index contributed by atoms with van der Waals surface area (Å²) in [5.74, 6) is -0.0239. The summed E-state index contributed by atoms with van der Waals surface area (Å²) in [6, 6.07) is 3.72. The Morgan fingerprint density at radius 1 is 1.29 bits per heavy atom. The fourth-order valence-electron chi connectivity index (χ4n) is 2.63. The van der Waals surface area contributed by atoms with Crippen molar-refractivity contribution >= 4 is 16.0 Å². The normalized spacial score (nSPS) is 15.2. The second-order valence-corrected chi connectivity index (χ2v) is 8.99. The van der Waals surface area contributed by atoms with Gasteiger partial charge in [0.05, 0.1) is 25.5 Å². The molecule has 0 bridgehead atoms. The van der Waals surface area contributed by atoms with Crippen LogP contribution >= 0.6 is 0 Å². The van der Waals surface area contributed by atoms with E-state index in [1.807, 2.05) is 0 Å². The lowest BCUT2D eigenvalue weighted by atomic mass is 10.1. The zero-order chi connectivity index (χ0) is 20.6. The molecule has 1 aromatic carbocycles. The highest BCUT2D eigenvalue weighted by Gasteiger charge is 2.22. The summed E-state index contributed by atoms with van der Waals surface area (Å²) in [5, 5.41) is 0. The molecule has 2 rings (SSSR count). The van der Waals surface area contributed by atoms with Gasteiger partial charge in [-0.1, -0.05) is 0 Å². The predicted molar refractivity (Wildman–Crippen MR) is 104 cm³/mol. The van der Waals surface area contributed by atoms with Gasteiger partial charge in [0.15, 0.2) is 0 Å². The average Bonchev–Trinajstić information content (AvgIpc) is 3.46. The summed E-state index contributed by atoms with van der Waals surface area (Å²) in [7, 11) is -3.52. The number of nitrogens with one attached hydrogen (secondary N) is 1. The van der Waals surface area contributed by atoms with E-state index in [1.165, 1.54) is 12.1 Å². The Bertz CT molecular complexity index is 753. The minimum absolute atomic E-state index is 0.0530. The van der Waals surface area contributed by atoms with Crippen LogP contribution in [-0.2, 0) is 19.6 Å².